The fraction of sp³-hybridized carbons (Fsp3) is 0.724. The molecular weight excluding hydrogens is 1020 g/mol. The fourth-order valence-corrected chi connectivity index (χ4v) is 10.8. The number of hydrogen-bond donors (Lipinski definition) is 5. The molecule has 0 aliphatic carbocycles. The number of benzene rings is 1. The average Bonchev–Trinajstić information content (AvgIpc) is 4.13. The number of likely N-dealkylation sites (N-methyl/N-ethyl adjacent to an activating group) is 1. The van der Waals surface area contributed by atoms with Crippen LogP contribution in [0.15, 0.2) is 24.3 Å². The first-order valence-electron chi connectivity index (χ1n) is 28.3. The molecule has 0 radical (unpaired) electrons. The molecule has 6 amide bonds. The number of carbonyl (C=O) groups excluding carboxylic acids is 10. The van der Waals surface area contributed by atoms with E-state index in [0.717, 1.165) is 0 Å². The van der Waals surface area contributed by atoms with E-state index in [1.807, 2.05) is 27.7 Å². The zero-order chi connectivity index (χ0) is 59.3. The summed E-state index contributed by atoms with van der Waals surface area (Å²) in [6, 6.07) is -0.553. The van der Waals surface area contributed by atoms with E-state index < -0.39 is 156 Å². The molecular formula is C58H90N6O15. The van der Waals surface area contributed by atoms with Crippen LogP contribution in [0.4, 0.5) is 0 Å². The molecule has 0 aromatic heterocycles. The summed E-state index contributed by atoms with van der Waals surface area (Å²) in [5.74, 6) is -12.3. The highest BCUT2D eigenvalue weighted by molar-refractivity contribution is 6.05. The van der Waals surface area contributed by atoms with Gasteiger partial charge in [0.15, 0.2) is 17.7 Å². The van der Waals surface area contributed by atoms with Crippen LogP contribution in [-0.2, 0) is 63.8 Å². The molecule has 14 atom stereocenters. The van der Waals surface area contributed by atoms with E-state index in [4.69, 9.17) is 14.2 Å². The first kappa shape index (κ1) is 65.6. The Hall–Kier alpha value is -5.96. The molecule has 4 rings (SSSR count). The standard InChI is InChI=1S/C58H90N6O15/c1-15-33(8)47-45(66)29-46(67)79-51(32(6)7)50(69)35(10)52(70)59-41(26-30(2)3)56(74)63-24-16-18-42(63)49(68)34(9)40(28-38-20-22-39(77-14)23-21-38)58(76)78-37(12)48(54(72)60-47)61-53(71)44(27-31(4)5)62(13)57(75)43-19-17-25-64(43)55(73)36(11)65/h20-23,30-37,40-45,47-48,51,65-66H,15-19,24-29H2,1-14H3,(H,59,70)(H,60,72)(H,61,71)/t33-,34?,35-,36-,37+,40+,41-,42-,43-,44+,45-,47+,48-,51?/m0/s1. The number of amides is 6. The predicted octanol–water partition coefficient (Wildman–Crippen LogP) is 3.31. The van der Waals surface area contributed by atoms with Crippen molar-refractivity contribution in [2.45, 2.75) is 202 Å². The minimum absolute atomic E-state index is 0.0564. The van der Waals surface area contributed by atoms with Gasteiger partial charge in [0.2, 0.25) is 29.5 Å². The Morgan fingerprint density at radius 1 is 0.848 bits per heavy atom. The summed E-state index contributed by atoms with van der Waals surface area (Å²) in [5, 5.41) is 30.3. The number of nitrogens with zero attached hydrogens (tertiary/aromatic N) is 3. The second-order valence-electron chi connectivity index (χ2n) is 23.3. The van der Waals surface area contributed by atoms with Gasteiger partial charge in [0.25, 0.3) is 5.91 Å². The molecule has 2 unspecified atom stereocenters. The SMILES string of the molecule is CC[C@H](C)[C@H]1NC(=O)[C@@H](NC(=O)[C@@H](CC(C)C)N(C)C(=O)[C@@H]2CCCN2C(=O)[C@H](C)O)[C@@H](C)OC(=O)[C@H](Cc2ccc(OC)cc2)C(C)C(=O)[C@@H]2CCCN2C(=O)[C@H](CC(C)C)NC(=O)[C@@H](C)C(=O)C(C(C)C)OC(=O)C[C@@H]1O. The molecule has 3 fully saturated rings. The lowest BCUT2D eigenvalue weighted by atomic mass is 9.82. The number of nitrogens with one attached hydrogen (secondary N) is 3. The maximum atomic E-state index is 15.0. The molecule has 3 aliphatic rings. The van der Waals surface area contributed by atoms with Crippen LogP contribution in [0.1, 0.15) is 140 Å². The number of likely N-dealkylation sites (tertiary alicyclic amines) is 1. The maximum absolute atomic E-state index is 15.0. The lowest BCUT2D eigenvalue weighted by Crippen LogP contribution is -2.62. The van der Waals surface area contributed by atoms with E-state index in [0.29, 0.717) is 30.6 Å². The number of ether oxygens (including phenoxy) is 3. The number of hydrogen-bond acceptors (Lipinski definition) is 15. The monoisotopic (exact) mass is 1110 g/mol. The van der Waals surface area contributed by atoms with Crippen molar-refractivity contribution >= 4 is 58.9 Å². The number of carbonyl (C=O) groups is 10. The van der Waals surface area contributed by atoms with Crippen LogP contribution in [0, 0.1) is 41.4 Å². The van der Waals surface area contributed by atoms with Crippen molar-refractivity contribution in [3.05, 3.63) is 29.8 Å². The third-order valence-corrected chi connectivity index (χ3v) is 15.8. The number of aliphatic hydroxyl groups excluding tert-OH is 2. The van der Waals surface area contributed by atoms with Crippen molar-refractivity contribution in [2.75, 3.05) is 27.2 Å². The molecule has 0 saturated carbocycles. The lowest BCUT2D eigenvalue weighted by Gasteiger charge is -2.36. The van der Waals surface area contributed by atoms with Gasteiger partial charge in [-0.1, -0.05) is 80.9 Å². The summed E-state index contributed by atoms with van der Waals surface area (Å²) in [4.78, 5) is 148. The number of esters is 2. The third kappa shape index (κ3) is 17.0. The Labute approximate surface area is 466 Å². The number of methoxy groups -OCH3 is 1. The molecule has 1 aromatic rings. The molecule has 0 spiro atoms. The van der Waals surface area contributed by atoms with E-state index >= 15 is 4.79 Å². The van der Waals surface area contributed by atoms with Gasteiger partial charge >= 0.3 is 11.9 Å². The van der Waals surface area contributed by atoms with E-state index in [1.54, 1.807) is 58.9 Å². The van der Waals surface area contributed by atoms with Gasteiger partial charge in [-0.3, -0.25) is 47.9 Å². The lowest BCUT2D eigenvalue weighted by molar-refractivity contribution is -0.163. The van der Waals surface area contributed by atoms with Crippen LogP contribution in [-0.4, -0.2) is 172 Å². The van der Waals surface area contributed by atoms with Crippen molar-refractivity contribution in [1.29, 1.82) is 0 Å². The van der Waals surface area contributed by atoms with E-state index in [2.05, 4.69) is 16.0 Å². The van der Waals surface area contributed by atoms with E-state index in [1.165, 1.54) is 49.6 Å². The number of ketones is 2. The normalized spacial score (nSPS) is 28.6. The van der Waals surface area contributed by atoms with Gasteiger partial charge in [-0.15, -0.1) is 0 Å². The number of Topliss-reactive ketones (excluding diaryl/α,β-unsaturated/α-hetero) is 2. The molecule has 21 nitrogen and oxygen atoms in total. The molecule has 3 aliphatic heterocycles. The van der Waals surface area contributed by atoms with Crippen LogP contribution in [0.2, 0.25) is 0 Å². The highest BCUT2D eigenvalue weighted by Gasteiger charge is 2.46. The van der Waals surface area contributed by atoms with Crippen LogP contribution in [0.3, 0.4) is 0 Å². The number of cyclic esters (lactones) is 2. The maximum Gasteiger partial charge on any atom is 0.310 e. The van der Waals surface area contributed by atoms with Gasteiger partial charge in [0.1, 0.15) is 42.1 Å². The highest BCUT2D eigenvalue weighted by Crippen LogP contribution is 2.31. The topological polar surface area (TPSA) is 285 Å². The molecule has 79 heavy (non-hydrogen) atoms. The summed E-state index contributed by atoms with van der Waals surface area (Å²) in [5.41, 5.74) is 0.613. The van der Waals surface area contributed by atoms with Crippen LogP contribution in [0.5, 0.6) is 5.75 Å². The molecule has 3 heterocycles. The number of fused-ring (bicyclic) bond motifs is 1. The summed E-state index contributed by atoms with van der Waals surface area (Å²) >= 11 is 0. The van der Waals surface area contributed by atoms with Gasteiger partial charge in [-0.05, 0) is 107 Å². The first-order chi connectivity index (χ1) is 37.0. The third-order valence-electron chi connectivity index (χ3n) is 15.8. The number of rotatable bonds is 15. The smallest absolute Gasteiger partial charge is 0.310 e. The quantitative estimate of drug-likeness (QED) is 0.124. The molecule has 442 valence electrons. The molecule has 0 bridgehead atoms. The Balaban J connectivity index is 1.89. The van der Waals surface area contributed by atoms with Crippen molar-refractivity contribution in [3.8, 4) is 5.75 Å². The van der Waals surface area contributed by atoms with Gasteiger partial charge in [0.05, 0.1) is 43.6 Å². The zero-order valence-corrected chi connectivity index (χ0v) is 48.9. The Morgan fingerprint density at radius 2 is 1.48 bits per heavy atom. The Morgan fingerprint density at radius 3 is 2.05 bits per heavy atom. The molecule has 5 N–H and O–H groups in total. The predicted molar refractivity (Wildman–Crippen MR) is 291 cm³/mol. The van der Waals surface area contributed by atoms with E-state index in [-0.39, 0.29) is 57.0 Å². The molecule has 21 heteroatoms. The highest BCUT2D eigenvalue weighted by atomic mass is 16.6. The van der Waals surface area contributed by atoms with Crippen LogP contribution in [0.25, 0.3) is 0 Å². The van der Waals surface area contributed by atoms with Crippen LogP contribution >= 0.6 is 0 Å². The summed E-state index contributed by atoms with van der Waals surface area (Å²) in [6.45, 7) is 20.1. The van der Waals surface area contributed by atoms with Crippen LogP contribution < -0.4 is 20.7 Å². The summed E-state index contributed by atoms with van der Waals surface area (Å²) < 4.78 is 17.3. The summed E-state index contributed by atoms with van der Waals surface area (Å²) in [7, 11) is 2.91. The van der Waals surface area contributed by atoms with E-state index in [9.17, 15) is 53.4 Å². The molecule has 1 aromatic carbocycles. The van der Waals surface area contributed by atoms with Crippen molar-refractivity contribution in [3.63, 3.8) is 0 Å². The van der Waals surface area contributed by atoms with Gasteiger partial charge < -0.3 is 55.1 Å². The second kappa shape index (κ2) is 29.5. The fourth-order valence-electron chi connectivity index (χ4n) is 10.8. The Bertz CT molecular complexity index is 2320. The Kier molecular flexibility index (Phi) is 24.5. The van der Waals surface area contributed by atoms with Crippen molar-refractivity contribution < 1.29 is 72.4 Å². The minimum Gasteiger partial charge on any atom is -0.497 e. The first-order valence-corrected chi connectivity index (χ1v) is 28.3. The summed E-state index contributed by atoms with van der Waals surface area (Å²) in [6.07, 6.45) is -4.77. The van der Waals surface area contributed by atoms with Crippen molar-refractivity contribution in [1.82, 2.24) is 30.7 Å². The molecule has 3 saturated heterocycles. The number of aliphatic hydroxyl groups is 2. The van der Waals surface area contributed by atoms with Gasteiger partial charge in [-0.2, -0.15) is 0 Å². The van der Waals surface area contributed by atoms with Gasteiger partial charge in [0, 0.05) is 26.1 Å². The minimum atomic E-state index is -1.75. The zero-order valence-electron chi connectivity index (χ0n) is 48.9. The van der Waals surface area contributed by atoms with Crippen molar-refractivity contribution in [2.24, 2.45) is 41.4 Å². The largest absolute Gasteiger partial charge is 0.497 e. The average molecular weight is 1110 g/mol. The van der Waals surface area contributed by atoms with Gasteiger partial charge in [-0.25, -0.2) is 0 Å². The second-order valence-corrected chi connectivity index (χ2v) is 23.3.